The first-order chi connectivity index (χ1) is 18.2. The van der Waals surface area contributed by atoms with Crippen molar-refractivity contribution in [3.8, 4) is 11.5 Å². The van der Waals surface area contributed by atoms with Gasteiger partial charge in [-0.25, -0.2) is 9.37 Å². The summed E-state index contributed by atoms with van der Waals surface area (Å²) in [5.74, 6) is 0.501. The molecule has 0 radical (unpaired) electrons. The number of fused-ring (bicyclic) bond motifs is 1. The van der Waals surface area contributed by atoms with Crippen molar-refractivity contribution in [2.24, 2.45) is 5.10 Å². The number of nitrogens with one attached hydrogen (secondary N) is 1. The Morgan fingerprint density at radius 2 is 1.87 bits per heavy atom. The molecule has 4 aromatic rings. The minimum absolute atomic E-state index is 0.0382. The van der Waals surface area contributed by atoms with Crippen LogP contribution in [0.25, 0.3) is 10.9 Å². The van der Waals surface area contributed by atoms with Gasteiger partial charge in [-0.1, -0.05) is 29.8 Å². The van der Waals surface area contributed by atoms with E-state index < -0.39 is 5.91 Å². The second-order valence-electron chi connectivity index (χ2n) is 8.63. The van der Waals surface area contributed by atoms with Gasteiger partial charge in [-0.2, -0.15) is 9.78 Å². The molecule has 1 amide bonds. The van der Waals surface area contributed by atoms with E-state index in [-0.39, 0.29) is 23.9 Å². The van der Waals surface area contributed by atoms with Crippen LogP contribution in [0.2, 0.25) is 0 Å². The zero-order valence-corrected chi connectivity index (χ0v) is 22.7. The molecular weight excluding hydrogens is 555 g/mol. The van der Waals surface area contributed by atoms with Gasteiger partial charge < -0.3 is 14.8 Å². The number of carbonyl (C=O) groups is 1. The molecule has 3 aromatic carbocycles. The molecule has 0 aliphatic carbocycles. The Hall–Kier alpha value is -4.05. The summed E-state index contributed by atoms with van der Waals surface area (Å²) in [6.07, 6.45) is 1.55. The van der Waals surface area contributed by atoms with E-state index in [4.69, 9.17) is 9.47 Å². The minimum atomic E-state index is -0.402. The molecule has 196 valence electrons. The van der Waals surface area contributed by atoms with Gasteiger partial charge in [-0.15, -0.1) is 0 Å². The minimum Gasteiger partial charge on any atom is -0.490 e. The molecule has 0 unspecified atom stereocenters. The number of benzene rings is 3. The number of ether oxygens (including phenoxy) is 2. The Morgan fingerprint density at radius 3 is 2.58 bits per heavy atom. The fraction of sp³-hybridized carbons (Fsp3) is 0.214. The first-order valence-corrected chi connectivity index (χ1v) is 12.8. The number of nitrogens with zero attached hydrogens (tertiary/aromatic N) is 3. The first kappa shape index (κ1) is 27.0. The summed E-state index contributed by atoms with van der Waals surface area (Å²) in [4.78, 5) is 30.2. The number of aromatic nitrogens is 2. The van der Waals surface area contributed by atoms with Crippen LogP contribution in [-0.2, 0) is 4.79 Å². The van der Waals surface area contributed by atoms with Gasteiger partial charge in [0, 0.05) is 16.1 Å². The van der Waals surface area contributed by atoms with Crippen molar-refractivity contribution in [2.75, 3.05) is 18.5 Å². The van der Waals surface area contributed by atoms with Gasteiger partial charge in [-0.3, -0.25) is 9.59 Å². The van der Waals surface area contributed by atoms with Crippen molar-refractivity contribution in [1.29, 1.82) is 0 Å². The Morgan fingerprint density at radius 1 is 1.11 bits per heavy atom. The highest BCUT2D eigenvalue weighted by Gasteiger charge is 2.14. The van der Waals surface area contributed by atoms with Crippen LogP contribution < -0.4 is 20.3 Å². The molecular formula is C28H26BrFN4O4. The van der Waals surface area contributed by atoms with Gasteiger partial charge in [0.2, 0.25) is 0 Å². The normalized spacial score (nSPS) is 11.3. The molecule has 0 aliphatic heterocycles. The Labute approximate surface area is 227 Å². The van der Waals surface area contributed by atoms with E-state index in [1.54, 1.807) is 36.5 Å². The molecule has 0 saturated heterocycles. The number of anilines is 1. The highest BCUT2D eigenvalue weighted by Crippen LogP contribution is 2.28. The van der Waals surface area contributed by atoms with Crippen molar-refractivity contribution < 1.29 is 18.7 Å². The van der Waals surface area contributed by atoms with Crippen LogP contribution in [-0.4, -0.2) is 35.0 Å². The van der Waals surface area contributed by atoms with Crippen LogP contribution in [0.5, 0.6) is 11.5 Å². The molecule has 0 atom stereocenters. The average molecular weight is 581 g/mol. The SMILES string of the molecule is CCOc1cc(C=Nn2c(C(C)C)nc3ccc(Br)cc3c2=O)ccc1OCC(=O)Nc1ccc(F)cc1. The van der Waals surface area contributed by atoms with Crippen molar-refractivity contribution in [3.05, 3.63) is 92.7 Å². The van der Waals surface area contributed by atoms with E-state index >= 15 is 0 Å². The second-order valence-corrected chi connectivity index (χ2v) is 9.55. The summed E-state index contributed by atoms with van der Waals surface area (Å²) in [5, 5.41) is 7.55. The highest BCUT2D eigenvalue weighted by molar-refractivity contribution is 9.10. The smallest absolute Gasteiger partial charge is 0.282 e. The number of hydrogen-bond acceptors (Lipinski definition) is 6. The van der Waals surface area contributed by atoms with E-state index in [1.165, 1.54) is 28.9 Å². The lowest BCUT2D eigenvalue weighted by molar-refractivity contribution is -0.118. The topological polar surface area (TPSA) is 94.8 Å². The molecule has 38 heavy (non-hydrogen) atoms. The lowest BCUT2D eigenvalue weighted by Gasteiger charge is -2.13. The maximum Gasteiger partial charge on any atom is 0.282 e. The number of carbonyl (C=O) groups excluding carboxylic acids is 1. The quantitative estimate of drug-likeness (QED) is 0.255. The van der Waals surface area contributed by atoms with Crippen LogP contribution >= 0.6 is 15.9 Å². The van der Waals surface area contributed by atoms with Gasteiger partial charge in [0.25, 0.3) is 11.5 Å². The summed E-state index contributed by atoms with van der Waals surface area (Å²) < 4.78 is 26.5. The monoisotopic (exact) mass is 580 g/mol. The van der Waals surface area contributed by atoms with Crippen molar-refractivity contribution in [3.63, 3.8) is 0 Å². The van der Waals surface area contributed by atoms with E-state index in [9.17, 15) is 14.0 Å². The van der Waals surface area contributed by atoms with E-state index in [0.717, 1.165) is 4.47 Å². The van der Waals surface area contributed by atoms with Crippen LogP contribution in [0.3, 0.4) is 0 Å². The highest BCUT2D eigenvalue weighted by atomic mass is 79.9. The summed E-state index contributed by atoms with van der Waals surface area (Å²) in [6, 6.07) is 15.9. The van der Waals surface area contributed by atoms with Gasteiger partial charge in [-0.05, 0) is 73.2 Å². The summed E-state index contributed by atoms with van der Waals surface area (Å²) in [5.41, 5.74) is 1.46. The predicted octanol–water partition coefficient (Wildman–Crippen LogP) is 5.72. The third-order valence-corrected chi connectivity index (χ3v) is 5.92. The fourth-order valence-electron chi connectivity index (χ4n) is 3.64. The number of amides is 1. The van der Waals surface area contributed by atoms with Crippen molar-refractivity contribution in [1.82, 2.24) is 9.66 Å². The van der Waals surface area contributed by atoms with Crippen LogP contribution in [0.15, 0.2) is 75.0 Å². The number of rotatable bonds is 9. The zero-order valence-electron chi connectivity index (χ0n) is 21.1. The number of hydrogen-bond donors (Lipinski definition) is 1. The third kappa shape index (κ3) is 6.44. The molecule has 1 aromatic heterocycles. The zero-order chi connectivity index (χ0) is 27.2. The van der Waals surface area contributed by atoms with Crippen LogP contribution in [0, 0.1) is 5.82 Å². The molecule has 1 N–H and O–H groups in total. The Kier molecular flexibility index (Phi) is 8.52. The van der Waals surface area contributed by atoms with Crippen LogP contribution in [0.4, 0.5) is 10.1 Å². The lowest BCUT2D eigenvalue weighted by Crippen LogP contribution is -2.23. The Balaban J connectivity index is 1.56. The lowest BCUT2D eigenvalue weighted by atomic mass is 10.2. The van der Waals surface area contributed by atoms with Crippen molar-refractivity contribution >= 4 is 44.6 Å². The molecule has 0 aliphatic rings. The van der Waals surface area contributed by atoms with Gasteiger partial charge in [0.15, 0.2) is 18.1 Å². The maximum absolute atomic E-state index is 13.2. The fourth-order valence-corrected chi connectivity index (χ4v) is 4.00. The molecule has 0 spiro atoms. The molecule has 0 saturated carbocycles. The molecule has 10 heteroatoms. The second kappa shape index (κ2) is 12.0. The van der Waals surface area contributed by atoms with Crippen LogP contribution in [0.1, 0.15) is 38.1 Å². The third-order valence-electron chi connectivity index (χ3n) is 5.43. The van der Waals surface area contributed by atoms with E-state index in [0.29, 0.717) is 46.1 Å². The average Bonchev–Trinajstić information content (AvgIpc) is 2.89. The summed E-state index contributed by atoms with van der Waals surface area (Å²) >= 11 is 3.41. The molecule has 1 heterocycles. The molecule has 4 rings (SSSR count). The maximum atomic E-state index is 13.2. The largest absolute Gasteiger partial charge is 0.490 e. The summed E-state index contributed by atoms with van der Waals surface area (Å²) in [6.45, 7) is 5.84. The first-order valence-electron chi connectivity index (χ1n) is 12.0. The molecule has 0 fully saturated rings. The summed E-state index contributed by atoms with van der Waals surface area (Å²) in [7, 11) is 0. The van der Waals surface area contributed by atoms with Gasteiger partial charge in [0.1, 0.15) is 11.6 Å². The van der Waals surface area contributed by atoms with Gasteiger partial charge in [0.05, 0.1) is 23.7 Å². The standard InChI is InChI=1S/C28H26BrFN4O4/c1-4-37-25-13-18(5-12-24(25)38-16-26(35)32-21-9-7-20(30)8-10-21)15-31-34-27(17(2)3)33-23-11-6-19(29)14-22(23)28(34)36/h5-15,17H,4,16H2,1-3H3,(H,32,35). The van der Waals surface area contributed by atoms with Crippen molar-refractivity contribution in [2.45, 2.75) is 26.7 Å². The van der Waals surface area contributed by atoms with E-state index in [1.807, 2.05) is 26.8 Å². The van der Waals surface area contributed by atoms with Gasteiger partial charge >= 0.3 is 0 Å². The number of halogens is 2. The Bertz CT molecular complexity index is 1550. The molecule has 8 nitrogen and oxygen atoms in total. The predicted molar refractivity (Wildman–Crippen MR) is 149 cm³/mol. The van der Waals surface area contributed by atoms with E-state index in [2.05, 4.69) is 31.3 Å². The molecule has 0 bridgehead atoms.